The molecule has 7 nitrogen and oxygen atoms in total. The number of aromatic nitrogens is 3. The second kappa shape index (κ2) is 6.83. The number of anilines is 1. The maximum atomic E-state index is 12.3. The van der Waals surface area contributed by atoms with Gasteiger partial charge in [0.1, 0.15) is 11.3 Å². The fraction of sp³-hybridized carbons (Fsp3) is 0.273. The summed E-state index contributed by atoms with van der Waals surface area (Å²) < 4.78 is 0. The van der Waals surface area contributed by atoms with Crippen LogP contribution in [0.25, 0.3) is 22.3 Å². The van der Waals surface area contributed by atoms with Gasteiger partial charge in [-0.15, -0.1) is 0 Å². The lowest BCUT2D eigenvalue weighted by molar-refractivity contribution is -0.138. The second-order valence-electron chi connectivity index (χ2n) is 7.40. The number of amides is 1. The molecule has 29 heavy (non-hydrogen) atoms. The predicted octanol–water partition coefficient (Wildman–Crippen LogP) is 1.77. The monoisotopic (exact) mass is 387 g/mol. The third-order valence-corrected chi connectivity index (χ3v) is 5.17. The van der Waals surface area contributed by atoms with Gasteiger partial charge in [-0.25, -0.2) is 15.0 Å². The van der Waals surface area contributed by atoms with Crippen molar-refractivity contribution < 1.29 is 9.90 Å². The van der Waals surface area contributed by atoms with Gasteiger partial charge in [0.25, 0.3) is 5.91 Å². The molecular formula is C22H21N5O2. The van der Waals surface area contributed by atoms with E-state index in [9.17, 15) is 9.90 Å². The van der Waals surface area contributed by atoms with Crippen LogP contribution in [0.5, 0.6) is 0 Å². The highest BCUT2D eigenvalue weighted by Crippen LogP contribution is 2.28. The first-order valence-corrected chi connectivity index (χ1v) is 9.30. The number of aryl methyl sites for hydroxylation is 1. The van der Waals surface area contributed by atoms with Gasteiger partial charge < -0.3 is 15.7 Å². The maximum absolute atomic E-state index is 12.3. The third kappa shape index (κ3) is 3.28. The van der Waals surface area contributed by atoms with Gasteiger partial charge in [0.2, 0.25) is 5.60 Å². The molecule has 4 rings (SSSR count). The lowest BCUT2D eigenvalue weighted by Crippen LogP contribution is -2.40. The van der Waals surface area contributed by atoms with E-state index >= 15 is 0 Å². The number of nitrogens with zero attached hydrogens (tertiary/aromatic N) is 4. The fourth-order valence-corrected chi connectivity index (χ4v) is 3.55. The molecule has 3 aromatic rings. The molecule has 0 radical (unpaired) electrons. The number of carbonyl (C=O) groups excluding carboxylic acids is 1. The van der Waals surface area contributed by atoms with Crippen LogP contribution in [0.2, 0.25) is 0 Å². The van der Waals surface area contributed by atoms with E-state index in [1.54, 1.807) is 14.0 Å². The number of nitrogens with two attached hydrogens (primary N) is 1. The molecule has 1 saturated heterocycles. The summed E-state index contributed by atoms with van der Waals surface area (Å²) >= 11 is 0. The minimum Gasteiger partial charge on any atom is -0.382 e. The highest BCUT2D eigenvalue weighted by molar-refractivity contribution is 5.91. The van der Waals surface area contributed by atoms with Gasteiger partial charge in [0.05, 0.1) is 11.2 Å². The van der Waals surface area contributed by atoms with Crippen LogP contribution in [0.1, 0.15) is 18.3 Å². The number of nitrogen functional groups attached to an aromatic ring is 1. The van der Waals surface area contributed by atoms with E-state index < -0.39 is 5.60 Å². The zero-order valence-corrected chi connectivity index (χ0v) is 16.5. The summed E-state index contributed by atoms with van der Waals surface area (Å²) in [6.07, 6.45) is 0. The van der Waals surface area contributed by atoms with Crippen LogP contribution in [0.3, 0.4) is 0 Å². The van der Waals surface area contributed by atoms with Crippen molar-refractivity contribution in [2.45, 2.75) is 19.4 Å². The van der Waals surface area contributed by atoms with Crippen molar-refractivity contribution in [3.8, 4) is 23.1 Å². The highest BCUT2D eigenvalue weighted by atomic mass is 16.3. The molecule has 0 bridgehead atoms. The Bertz CT molecular complexity index is 1200. The number of hydrogen-bond acceptors (Lipinski definition) is 6. The Labute approximate surface area is 168 Å². The van der Waals surface area contributed by atoms with Crippen LogP contribution in [0.4, 0.5) is 5.82 Å². The highest BCUT2D eigenvalue weighted by Gasteiger charge is 2.48. The molecule has 3 N–H and O–H groups in total. The van der Waals surface area contributed by atoms with Gasteiger partial charge in [0.15, 0.2) is 5.82 Å². The van der Waals surface area contributed by atoms with Gasteiger partial charge >= 0.3 is 0 Å². The molecule has 1 amide bonds. The van der Waals surface area contributed by atoms with Crippen molar-refractivity contribution in [2.24, 2.45) is 5.92 Å². The third-order valence-electron chi connectivity index (χ3n) is 5.17. The quantitative estimate of drug-likeness (QED) is 0.617. The van der Waals surface area contributed by atoms with Crippen molar-refractivity contribution in [3.63, 3.8) is 0 Å². The molecule has 1 aromatic carbocycles. The zero-order chi connectivity index (χ0) is 20.8. The molecule has 7 heteroatoms. The SMILES string of the molecule is Cc1nc(N)c2nc(-c3cccc(C#CC4(O)C(=O)N(C)CC4C)c3)ccc2n1. The maximum Gasteiger partial charge on any atom is 0.267 e. The second-order valence-corrected chi connectivity index (χ2v) is 7.40. The predicted molar refractivity (Wildman–Crippen MR) is 111 cm³/mol. The van der Waals surface area contributed by atoms with Crippen molar-refractivity contribution >= 4 is 22.8 Å². The van der Waals surface area contributed by atoms with E-state index in [0.29, 0.717) is 40.5 Å². The molecule has 1 aliphatic heterocycles. The zero-order valence-electron chi connectivity index (χ0n) is 16.5. The summed E-state index contributed by atoms with van der Waals surface area (Å²) in [6, 6.07) is 11.2. The van der Waals surface area contributed by atoms with Gasteiger partial charge in [-0.1, -0.05) is 30.9 Å². The average molecular weight is 387 g/mol. The summed E-state index contributed by atoms with van der Waals surface area (Å²) in [5.41, 5.74) is 7.82. The number of likely N-dealkylation sites (N-methyl/N-ethyl adjacent to an activating group) is 1. The van der Waals surface area contributed by atoms with E-state index in [-0.39, 0.29) is 11.8 Å². The molecule has 1 aliphatic rings. The van der Waals surface area contributed by atoms with Gasteiger partial charge in [-0.05, 0) is 31.2 Å². The lowest BCUT2D eigenvalue weighted by atomic mass is 9.92. The summed E-state index contributed by atoms with van der Waals surface area (Å²) in [6.45, 7) is 4.08. The Morgan fingerprint density at radius 3 is 2.76 bits per heavy atom. The normalized spacial score (nSPS) is 21.3. The first-order chi connectivity index (χ1) is 13.8. The van der Waals surface area contributed by atoms with E-state index in [1.165, 1.54) is 4.90 Å². The van der Waals surface area contributed by atoms with Crippen molar-refractivity contribution in [1.82, 2.24) is 19.9 Å². The molecule has 1 fully saturated rings. The molecule has 0 saturated carbocycles. The molecule has 0 aliphatic carbocycles. The summed E-state index contributed by atoms with van der Waals surface area (Å²) in [5.74, 6) is 6.04. The van der Waals surface area contributed by atoms with Crippen molar-refractivity contribution in [1.29, 1.82) is 0 Å². The number of aliphatic hydroxyl groups is 1. The lowest BCUT2D eigenvalue weighted by Gasteiger charge is -2.17. The number of rotatable bonds is 1. The number of carbonyl (C=O) groups is 1. The van der Waals surface area contributed by atoms with Crippen LogP contribution in [-0.2, 0) is 4.79 Å². The molecule has 146 valence electrons. The van der Waals surface area contributed by atoms with Crippen LogP contribution in [0, 0.1) is 24.7 Å². The van der Waals surface area contributed by atoms with E-state index in [4.69, 9.17) is 5.73 Å². The largest absolute Gasteiger partial charge is 0.382 e. The molecule has 3 heterocycles. The van der Waals surface area contributed by atoms with E-state index in [1.807, 2.05) is 43.3 Å². The van der Waals surface area contributed by atoms with Crippen LogP contribution in [0.15, 0.2) is 36.4 Å². The van der Waals surface area contributed by atoms with Gasteiger partial charge in [-0.3, -0.25) is 4.79 Å². The van der Waals surface area contributed by atoms with Crippen molar-refractivity contribution in [2.75, 3.05) is 19.3 Å². The number of likely N-dealkylation sites (tertiary alicyclic amines) is 1. The standard InChI is InChI=1S/C22H21N5O2/c1-13-12-27(3)21(28)22(13,29)10-9-15-5-4-6-16(11-15)17-7-8-18-19(26-17)20(23)25-14(2)24-18/h4-8,11,13,29H,12H2,1-3H3,(H2,23,24,25). The Morgan fingerprint density at radius 1 is 1.24 bits per heavy atom. The summed E-state index contributed by atoms with van der Waals surface area (Å²) in [5, 5.41) is 10.7. The Balaban J connectivity index is 1.71. The summed E-state index contributed by atoms with van der Waals surface area (Å²) in [7, 11) is 1.67. The molecule has 0 spiro atoms. The van der Waals surface area contributed by atoms with Crippen LogP contribution >= 0.6 is 0 Å². The fourth-order valence-electron chi connectivity index (χ4n) is 3.55. The Morgan fingerprint density at radius 2 is 2.03 bits per heavy atom. The topological polar surface area (TPSA) is 105 Å². The Hall–Kier alpha value is -3.50. The average Bonchev–Trinajstić information content (AvgIpc) is 2.89. The van der Waals surface area contributed by atoms with Crippen LogP contribution in [-0.4, -0.2) is 50.1 Å². The van der Waals surface area contributed by atoms with E-state index in [2.05, 4.69) is 26.8 Å². The molecular weight excluding hydrogens is 366 g/mol. The first-order valence-electron chi connectivity index (χ1n) is 9.30. The van der Waals surface area contributed by atoms with Gasteiger partial charge in [0, 0.05) is 30.6 Å². The first kappa shape index (κ1) is 18.8. The number of pyridine rings is 1. The molecule has 2 atom stereocenters. The Kier molecular flexibility index (Phi) is 4.44. The minimum absolute atomic E-state index is 0.260. The number of hydrogen-bond donors (Lipinski definition) is 2. The molecule has 2 aromatic heterocycles. The number of benzene rings is 1. The van der Waals surface area contributed by atoms with Crippen molar-refractivity contribution in [3.05, 3.63) is 47.8 Å². The van der Waals surface area contributed by atoms with Gasteiger partial charge in [-0.2, -0.15) is 0 Å². The van der Waals surface area contributed by atoms with Crippen LogP contribution < -0.4 is 5.73 Å². The summed E-state index contributed by atoms with van der Waals surface area (Å²) in [4.78, 5) is 26.9. The molecule has 2 unspecified atom stereocenters. The smallest absolute Gasteiger partial charge is 0.267 e. The van der Waals surface area contributed by atoms with E-state index in [0.717, 1.165) is 5.56 Å². The number of fused-ring (bicyclic) bond motifs is 1. The minimum atomic E-state index is -1.66.